The molecule has 104 valence electrons. The molecule has 0 saturated heterocycles. The normalized spacial score (nSPS) is 14.7. The lowest BCUT2D eigenvalue weighted by Gasteiger charge is -2.21. The molecule has 1 aromatic carbocycles. The number of hydrogen-bond acceptors (Lipinski definition) is 3. The Morgan fingerprint density at radius 1 is 1.47 bits per heavy atom. The monoisotopic (exact) mass is 263 g/mol. The molecule has 19 heavy (non-hydrogen) atoms. The smallest absolute Gasteiger partial charge is 0.317 e. The molecule has 0 spiro atoms. The molecule has 0 amide bonds. The summed E-state index contributed by atoms with van der Waals surface area (Å²) in [4.78, 5) is 12.9. The molecule has 1 aromatic rings. The summed E-state index contributed by atoms with van der Waals surface area (Å²) in [6, 6.07) is 6.02. The maximum absolute atomic E-state index is 11.0. The highest BCUT2D eigenvalue weighted by molar-refractivity contribution is 5.69. The fourth-order valence-corrected chi connectivity index (χ4v) is 2.31. The lowest BCUT2D eigenvalue weighted by atomic mass is 10.1. The minimum absolute atomic E-state index is 0.0909. The number of aryl methyl sites for hydroxylation is 1. The zero-order chi connectivity index (χ0) is 13.8. The molecule has 1 aliphatic rings. The molecule has 1 saturated carbocycles. The van der Waals surface area contributed by atoms with Gasteiger partial charge in [-0.3, -0.25) is 9.69 Å². The first-order chi connectivity index (χ1) is 9.08. The van der Waals surface area contributed by atoms with Gasteiger partial charge < -0.3 is 9.84 Å². The maximum atomic E-state index is 11.0. The highest BCUT2D eigenvalue weighted by Crippen LogP contribution is 2.31. The third-order valence-corrected chi connectivity index (χ3v) is 3.40. The quantitative estimate of drug-likeness (QED) is 0.820. The fourth-order valence-electron chi connectivity index (χ4n) is 2.31. The third-order valence-electron chi connectivity index (χ3n) is 3.40. The maximum Gasteiger partial charge on any atom is 0.317 e. The Balaban J connectivity index is 2.09. The minimum atomic E-state index is -0.771. The number of ether oxygens (including phenoxy) is 1. The Labute approximate surface area is 114 Å². The van der Waals surface area contributed by atoms with Crippen LogP contribution in [0.25, 0.3) is 0 Å². The van der Waals surface area contributed by atoms with Crippen molar-refractivity contribution in [2.45, 2.75) is 26.3 Å². The number of hydrogen-bond donors (Lipinski definition) is 1. The molecule has 0 atom stereocenters. The van der Waals surface area contributed by atoms with Crippen molar-refractivity contribution < 1.29 is 14.6 Å². The number of methoxy groups -OCH3 is 1. The molecule has 0 aromatic heterocycles. The summed E-state index contributed by atoms with van der Waals surface area (Å²) in [6.07, 6.45) is 2.45. The molecule has 0 bridgehead atoms. The Kier molecular flexibility index (Phi) is 4.43. The standard InChI is InChI=1S/C15H21NO3/c1-11-3-6-14(19-2)13(7-11)9-16(10-15(17)18)8-12-4-5-12/h3,6-7,12H,4-5,8-10H2,1-2H3,(H,17,18). The van der Waals surface area contributed by atoms with E-state index in [0.717, 1.165) is 23.4 Å². The van der Waals surface area contributed by atoms with E-state index < -0.39 is 5.97 Å². The molecule has 4 nitrogen and oxygen atoms in total. The fraction of sp³-hybridized carbons (Fsp3) is 0.533. The molecular weight excluding hydrogens is 242 g/mol. The number of carboxylic acid groups (broad SMARTS) is 1. The van der Waals surface area contributed by atoms with Gasteiger partial charge >= 0.3 is 5.97 Å². The van der Waals surface area contributed by atoms with Gasteiger partial charge in [-0.15, -0.1) is 0 Å². The second-order valence-corrected chi connectivity index (χ2v) is 5.32. The number of rotatable bonds is 7. The van der Waals surface area contributed by atoms with Crippen LogP contribution in [0.3, 0.4) is 0 Å². The first-order valence-corrected chi connectivity index (χ1v) is 6.66. The SMILES string of the molecule is COc1ccc(C)cc1CN(CC(=O)O)CC1CC1. The predicted octanol–water partition coefficient (Wildman–Crippen LogP) is 2.30. The van der Waals surface area contributed by atoms with Gasteiger partial charge in [0, 0.05) is 18.7 Å². The van der Waals surface area contributed by atoms with Crippen LogP contribution in [0.2, 0.25) is 0 Å². The summed E-state index contributed by atoms with van der Waals surface area (Å²) in [5.41, 5.74) is 2.22. The number of carboxylic acids is 1. The van der Waals surface area contributed by atoms with Crippen LogP contribution in [0.5, 0.6) is 5.75 Å². The summed E-state index contributed by atoms with van der Waals surface area (Å²) >= 11 is 0. The van der Waals surface area contributed by atoms with Gasteiger partial charge in [0.1, 0.15) is 5.75 Å². The van der Waals surface area contributed by atoms with Crippen LogP contribution in [0.15, 0.2) is 18.2 Å². The number of nitrogens with zero attached hydrogens (tertiary/aromatic N) is 1. The van der Waals surface area contributed by atoms with E-state index in [9.17, 15) is 4.79 Å². The summed E-state index contributed by atoms with van der Waals surface area (Å²) in [6.45, 7) is 3.62. The van der Waals surface area contributed by atoms with E-state index in [-0.39, 0.29) is 6.54 Å². The molecule has 1 N–H and O–H groups in total. The summed E-state index contributed by atoms with van der Waals surface area (Å²) in [5.74, 6) is 0.735. The molecule has 0 unspecified atom stereocenters. The molecule has 4 heteroatoms. The Morgan fingerprint density at radius 2 is 2.21 bits per heavy atom. The van der Waals surface area contributed by atoms with Crippen LogP contribution in [-0.2, 0) is 11.3 Å². The number of aliphatic carboxylic acids is 1. The van der Waals surface area contributed by atoms with Gasteiger partial charge in [-0.25, -0.2) is 0 Å². The van der Waals surface area contributed by atoms with E-state index in [4.69, 9.17) is 9.84 Å². The van der Waals surface area contributed by atoms with Crippen molar-refractivity contribution in [3.8, 4) is 5.75 Å². The number of benzene rings is 1. The van der Waals surface area contributed by atoms with Crippen molar-refractivity contribution in [1.29, 1.82) is 0 Å². The highest BCUT2D eigenvalue weighted by Gasteiger charge is 2.25. The summed E-state index contributed by atoms with van der Waals surface area (Å²) < 4.78 is 5.35. The van der Waals surface area contributed by atoms with Crippen molar-refractivity contribution in [2.24, 2.45) is 5.92 Å². The van der Waals surface area contributed by atoms with Crippen LogP contribution < -0.4 is 4.74 Å². The molecule has 2 rings (SSSR count). The van der Waals surface area contributed by atoms with E-state index in [1.54, 1.807) is 7.11 Å². The largest absolute Gasteiger partial charge is 0.496 e. The van der Waals surface area contributed by atoms with Gasteiger partial charge in [-0.1, -0.05) is 17.7 Å². The number of carbonyl (C=O) groups is 1. The summed E-state index contributed by atoms with van der Waals surface area (Å²) in [7, 11) is 1.65. The van der Waals surface area contributed by atoms with Gasteiger partial charge in [-0.05, 0) is 31.7 Å². The van der Waals surface area contributed by atoms with Gasteiger partial charge in [0.2, 0.25) is 0 Å². The van der Waals surface area contributed by atoms with Gasteiger partial charge in [-0.2, -0.15) is 0 Å². The first-order valence-electron chi connectivity index (χ1n) is 6.66. The highest BCUT2D eigenvalue weighted by atomic mass is 16.5. The first kappa shape index (κ1) is 13.9. The molecule has 0 aliphatic heterocycles. The van der Waals surface area contributed by atoms with Crippen LogP contribution in [-0.4, -0.2) is 36.2 Å². The topological polar surface area (TPSA) is 49.8 Å². The molecule has 1 fully saturated rings. The second kappa shape index (κ2) is 6.06. The van der Waals surface area contributed by atoms with Gasteiger partial charge in [0.05, 0.1) is 13.7 Å². The molecular formula is C15H21NO3. The third kappa shape index (κ3) is 4.24. The van der Waals surface area contributed by atoms with Crippen molar-refractivity contribution in [1.82, 2.24) is 4.90 Å². The average molecular weight is 263 g/mol. The summed E-state index contributed by atoms with van der Waals surface area (Å²) in [5, 5.41) is 9.00. The average Bonchev–Trinajstić information content (AvgIpc) is 3.12. The van der Waals surface area contributed by atoms with E-state index in [0.29, 0.717) is 12.5 Å². The van der Waals surface area contributed by atoms with Crippen LogP contribution in [0.4, 0.5) is 0 Å². The minimum Gasteiger partial charge on any atom is -0.496 e. The van der Waals surface area contributed by atoms with Crippen LogP contribution in [0, 0.1) is 12.8 Å². The van der Waals surface area contributed by atoms with E-state index >= 15 is 0 Å². The predicted molar refractivity (Wildman–Crippen MR) is 73.4 cm³/mol. The van der Waals surface area contributed by atoms with Crippen molar-refractivity contribution in [3.05, 3.63) is 29.3 Å². The van der Waals surface area contributed by atoms with Crippen molar-refractivity contribution >= 4 is 5.97 Å². The Morgan fingerprint density at radius 3 is 2.79 bits per heavy atom. The van der Waals surface area contributed by atoms with E-state index in [1.807, 2.05) is 24.0 Å². The van der Waals surface area contributed by atoms with Crippen molar-refractivity contribution in [3.63, 3.8) is 0 Å². The molecule has 0 heterocycles. The Hall–Kier alpha value is -1.55. The van der Waals surface area contributed by atoms with Crippen LogP contribution >= 0.6 is 0 Å². The van der Waals surface area contributed by atoms with Crippen molar-refractivity contribution in [2.75, 3.05) is 20.2 Å². The van der Waals surface area contributed by atoms with Gasteiger partial charge in [0.25, 0.3) is 0 Å². The zero-order valence-electron chi connectivity index (χ0n) is 11.6. The molecule has 0 radical (unpaired) electrons. The zero-order valence-corrected chi connectivity index (χ0v) is 11.6. The lowest BCUT2D eigenvalue weighted by molar-refractivity contribution is -0.138. The Bertz CT molecular complexity index is 455. The van der Waals surface area contributed by atoms with E-state index in [1.165, 1.54) is 12.8 Å². The lowest BCUT2D eigenvalue weighted by Crippen LogP contribution is -2.31. The second-order valence-electron chi connectivity index (χ2n) is 5.32. The van der Waals surface area contributed by atoms with Gasteiger partial charge in [0.15, 0.2) is 0 Å². The van der Waals surface area contributed by atoms with E-state index in [2.05, 4.69) is 6.07 Å². The van der Waals surface area contributed by atoms with Crippen LogP contribution in [0.1, 0.15) is 24.0 Å². The molecule has 1 aliphatic carbocycles.